The van der Waals surface area contributed by atoms with E-state index in [4.69, 9.17) is 4.74 Å². The number of hydrogen-bond donors (Lipinski definition) is 1. The van der Waals surface area contributed by atoms with Gasteiger partial charge in [0.2, 0.25) is 0 Å². The molecule has 0 fully saturated rings. The van der Waals surface area contributed by atoms with Gasteiger partial charge in [-0.25, -0.2) is 9.97 Å². The Labute approximate surface area is 147 Å². The molecule has 2 rings (SSSR count). The van der Waals surface area contributed by atoms with Gasteiger partial charge in [-0.15, -0.1) is 0 Å². The zero-order valence-electron chi connectivity index (χ0n) is 15.2. The Morgan fingerprint density at radius 2 is 1.92 bits per heavy atom. The summed E-state index contributed by atoms with van der Waals surface area (Å²) >= 11 is 0. The Bertz CT molecular complexity index is 811. The number of para-hydroxylation sites is 2. The summed E-state index contributed by atoms with van der Waals surface area (Å²) < 4.78 is 4.74. The van der Waals surface area contributed by atoms with E-state index in [1.165, 1.54) is 7.11 Å². The summed E-state index contributed by atoms with van der Waals surface area (Å²) in [6.45, 7) is 4.73. The fourth-order valence-electron chi connectivity index (χ4n) is 2.15. The fourth-order valence-corrected chi connectivity index (χ4v) is 2.15. The van der Waals surface area contributed by atoms with Gasteiger partial charge >= 0.3 is 5.97 Å². The zero-order chi connectivity index (χ0) is 18.6. The third-order valence-electron chi connectivity index (χ3n) is 4.34. The smallest absolute Gasteiger partial charge is 0.329 e. The van der Waals surface area contributed by atoms with Crippen molar-refractivity contribution < 1.29 is 9.53 Å². The van der Waals surface area contributed by atoms with Crippen molar-refractivity contribution in [3.05, 3.63) is 30.0 Å². The second kappa shape index (κ2) is 7.45. The maximum atomic E-state index is 12.0. The van der Waals surface area contributed by atoms with Crippen molar-refractivity contribution in [3.63, 3.8) is 0 Å². The minimum Gasteiger partial charge on any atom is -0.468 e. The molecule has 1 N–H and O–H groups in total. The number of fused-ring (bicyclic) bond motifs is 1. The number of rotatable bonds is 6. The Balaban J connectivity index is 2.50. The highest BCUT2D eigenvalue weighted by atomic mass is 16.5. The van der Waals surface area contributed by atoms with E-state index in [-0.39, 0.29) is 11.2 Å². The molecule has 7 nitrogen and oxygen atoms in total. The minimum atomic E-state index is -1.13. The number of likely N-dealkylation sites (N-methyl/N-ethyl adjacent to an activating group) is 1. The normalized spacial score (nSPS) is 12.7. The monoisotopic (exact) mass is 341 g/mol. The van der Waals surface area contributed by atoms with Gasteiger partial charge in [0.05, 0.1) is 24.2 Å². The van der Waals surface area contributed by atoms with Crippen LogP contribution in [0.3, 0.4) is 0 Å². The highest BCUT2D eigenvalue weighted by Crippen LogP contribution is 2.25. The molecule has 1 aromatic carbocycles. The van der Waals surface area contributed by atoms with Gasteiger partial charge in [-0.1, -0.05) is 12.1 Å². The van der Waals surface area contributed by atoms with Crippen molar-refractivity contribution in [1.82, 2.24) is 14.9 Å². The molecule has 1 aromatic heterocycles. The van der Waals surface area contributed by atoms with E-state index < -0.39 is 11.9 Å². The third-order valence-corrected chi connectivity index (χ3v) is 4.34. The predicted octanol–water partition coefficient (Wildman–Crippen LogP) is 2.16. The number of benzene rings is 1. The van der Waals surface area contributed by atoms with Crippen LogP contribution in [0.2, 0.25) is 0 Å². The lowest BCUT2D eigenvalue weighted by Gasteiger charge is -2.33. The number of anilines is 1. The number of nitrogens with one attached hydrogen (secondary N) is 1. The van der Waals surface area contributed by atoms with E-state index in [9.17, 15) is 10.1 Å². The minimum absolute atomic E-state index is 0.155. The van der Waals surface area contributed by atoms with Crippen LogP contribution in [-0.4, -0.2) is 54.1 Å². The molecule has 0 aliphatic rings. The third kappa shape index (κ3) is 4.03. The maximum absolute atomic E-state index is 12.0. The van der Waals surface area contributed by atoms with Gasteiger partial charge < -0.3 is 15.0 Å². The molecule has 1 heterocycles. The van der Waals surface area contributed by atoms with Crippen molar-refractivity contribution in [2.45, 2.75) is 25.3 Å². The highest BCUT2D eigenvalue weighted by Gasteiger charge is 2.28. The molecule has 0 radical (unpaired) electrons. The van der Waals surface area contributed by atoms with E-state index >= 15 is 0 Å². The van der Waals surface area contributed by atoms with Crippen LogP contribution in [0.15, 0.2) is 24.3 Å². The van der Waals surface area contributed by atoms with E-state index in [2.05, 4.69) is 34.0 Å². The second-order valence-corrected chi connectivity index (χ2v) is 6.59. The Hall–Kier alpha value is -2.72. The number of aromatic nitrogens is 2. The van der Waals surface area contributed by atoms with Gasteiger partial charge in [0.15, 0.2) is 11.7 Å². The van der Waals surface area contributed by atoms with Crippen LogP contribution in [0, 0.1) is 11.3 Å². The summed E-state index contributed by atoms with van der Waals surface area (Å²) in [5.41, 5.74) is 1.44. The van der Waals surface area contributed by atoms with Gasteiger partial charge in [0.25, 0.3) is 0 Å². The van der Waals surface area contributed by atoms with E-state index in [0.717, 1.165) is 0 Å². The molecule has 0 bridgehead atoms. The first-order valence-electron chi connectivity index (χ1n) is 7.95. The van der Waals surface area contributed by atoms with Crippen molar-refractivity contribution in [1.29, 1.82) is 5.26 Å². The zero-order valence-corrected chi connectivity index (χ0v) is 15.2. The fraction of sp³-hybridized carbons (Fsp3) is 0.444. The van der Waals surface area contributed by atoms with Crippen LogP contribution in [0.5, 0.6) is 0 Å². The van der Waals surface area contributed by atoms with Crippen LogP contribution < -0.4 is 5.32 Å². The number of ether oxygens (including phenoxy) is 1. The lowest BCUT2D eigenvalue weighted by Crippen LogP contribution is -2.44. The first kappa shape index (κ1) is 18.6. The number of nitriles is 1. The quantitative estimate of drug-likeness (QED) is 0.805. The molecule has 1 unspecified atom stereocenters. The topological polar surface area (TPSA) is 91.1 Å². The molecule has 0 amide bonds. The number of esters is 1. The highest BCUT2D eigenvalue weighted by molar-refractivity contribution is 5.84. The van der Waals surface area contributed by atoms with E-state index in [0.29, 0.717) is 23.4 Å². The Kier molecular flexibility index (Phi) is 5.55. The summed E-state index contributed by atoms with van der Waals surface area (Å²) in [5, 5.41) is 12.7. The number of nitrogens with zero attached hydrogens (tertiary/aromatic N) is 4. The number of carbonyl (C=O) groups is 1. The summed E-state index contributed by atoms with van der Waals surface area (Å²) in [7, 11) is 5.23. The summed E-state index contributed by atoms with van der Waals surface area (Å²) in [4.78, 5) is 23.1. The molecular formula is C18H23N5O2. The molecule has 0 spiro atoms. The van der Waals surface area contributed by atoms with Gasteiger partial charge in [0.1, 0.15) is 5.69 Å². The molecule has 0 aliphatic carbocycles. The summed E-state index contributed by atoms with van der Waals surface area (Å²) in [5.74, 6) is -1.36. The molecule has 1 atom stereocenters. The summed E-state index contributed by atoms with van der Waals surface area (Å²) in [6.07, 6.45) is 0. The van der Waals surface area contributed by atoms with Gasteiger partial charge in [-0.2, -0.15) is 5.26 Å². The van der Waals surface area contributed by atoms with Crippen LogP contribution in [0.25, 0.3) is 11.0 Å². The van der Waals surface area contributed by atoms with Crippen molar-refractivity contribution in [2.24, 2.45) is 0 Å². The van der Waals surface area contributed by atoms with Crippen LogP contribution in [0.1, 0.15) is 25.5 Å². The SMILES string of the molecule is COC(=O)C(C#N)c1nc2ccccc2nc1NCC(C)(C)N(C)C. The van der Waals surface area contributed by atoms with Crippen LogP contribution in [-0.2, 0) is 9.53 Å². The molecule has 132 valence electrons. The lowest BCUT2D eigenvalue weighted by molar-refractivity contribution is -0.141. The van der Waals surface area contributed by atoms with Crippen LogP contribution in [0.4, 0.5) is 5.82 Å². The predicted molar refractivity (Wildman–Crippen MR) is 96.2 cm³/mol. The average Bonchev–Trinajstić information content (AvgIpc) is 2.60. The summed E-state index contributed by atoms with van der Waals surface area (Å²) in [6, 6.07) is 9.31. The largest absolute Gasteiger partial charge is 0.468 e. The van der Waals surface area contributed by atoms with Gasteiger partial charge in [-0.3, -0.25) is 4.79 Å². The van der Waals surface area contributed by atoms with Crippen molar-refractivity contribution >= 4 is 22.8 Å². The average molecular weight is 341 g/mol. The number of methoxy groups -OCH3 is 1. The van der Waals surface area contributed by atoms with Gasteiger partial charge in [-0.05, 0) is 40.1 Å². The number of hydrogen-bond acceptors (Lipinski definition) is 7. The van der Waals surface area contributed by atoms with E-state index in [1.807, 2.05) is 38.4 Å². The molecule has 25 heavy (non-hydrogen) atoms. The molecule has 7 heteroatoms. The van der Waals surface area contributed by atoms with Crippen LogP contribution >= 0.6 is 0 Å². The maximum Gasteiger partial charge on any atom is 0.329 e. The molecule has 2 aromatic rings. The van der Waals surface area contributed by atoms with Crippen molar-refractivity contribution in [3.8, 4) is 6.07 Å². The standard InChI is InChI=1S/C18H23N5O2/c1-18(2,23(3)4)11-20-16-15(12(10-19)17(24)25-5)21-13-8-6-7-9-14(13)22-16/h6-9,12H,11H2,1-5H3,(H,20,22). The lowest BCUT2D eigenvalue weighted by atomic mass is 10.0. The second-order valence-electron chi connectivity index (χ2n) is 6.59. The molecule has 0 aliphatic heterocycles. The van der Waals surface area contributed by atoms with Gasteiger partial charge in [0, 0.05) is 12.1 Å². The number of carbonyl (C=O) groups excluding carboxylic acids is 1. The Morgan fingerprint density at radius 3 is 2.44 bits per heavy atom. The molecular weight excluding hydrogens is 318 g/mol. The van der Waals surface area contributed by atoms with E-state index in [1.54, 1.807) is 6.07 Å². The molecule has 0 saturated carbocycles. The Morgan fingerprint density at radius 1 is 1.32 bits per heavy atom. The first-order chi connectivity index (χ1) is 11.8. The molecule has 0 saturated heterocycles. The first-order valence-corrected chi connectivity index (χ1v) is 7.95. The van der Waals surface area contributed by atoms with Crippen molar-refractivity contribution in [2.75, 3.05) is 33.1 Å².